The third kappa shape index (κ3) is 5.95. The van der Waals surface area contributed by atoms with Crippen LogP contribution in [0.3, 0.4) is 0 Å². The van der Waals surface area contributed by atoms with Crippen LogP contribution in [0.5, 0.6) is 5.75 Å². The first-order valence-electron chi connectivity index (χ1n) is 12.8. The number of likely N-dealkylation sites (tertiary alicyclic amines) is 1. The van der Waals surface area contributed by atoms with E-state index in [-0.39, 0.29) is 23.4 Å². The van der Waals surface area contributed by atoms with E-state index in [1.807, 2.05) is 58.0 Å². The molecule has 10 heteroatoms. The van der Waals surface area contributed by atoms with Crippen LogP contribution in [0.2, 0.25) is 0 Å². The van der Waals surface area contributed by atoms with Gasteiger partial charge in [-0.05, 0) is 58.4 Å². The number of aryl methyl sites for hydroxylation is 1. The number of H-pyrrole nitrogens is 1. The molecule has 3 aromatic rings. The minimum Gasteiger partial charge on any atom is -0.490 e. The molecule has 1 N–H and O–H groups in total. The van der Waals surface area contributed by atoms with Gasteiger partial charge in [0.15, 0.2) is 5.65 Å². The molecule has 1 aliphatic rings. The van der Waals surface area contributed by atoms with Crippen LogP contribution in [0, 0.1) is 0 Å². The first-order valence-corrected chi connectivity index (χ1v) is 12.8. The normalized spacial score (nSPS) is 15.0. The molecule has 1 amide bonds. The smallest absolute Gasteiger partial charge is 0.410 e. The number of aromatic amines is 1. The van der Waals surface area contributed by atoms with Crippen LogP contribution in [-0.4, -0.2) is 54.9 Å². The molecule has 0 saturated carbocycles. The van der Waals surface area contributed by atoms with Crippen molar-refractivity contribution in [3.05, 3.63) is 56.5 Å². The molecule has 0 spiro atoms. The van der Waals surface area contributed by atoms with Gasteiger partial charge in [-0.3, -0.25) is 13.9 Å². The Morgan fingerprint density at radius 3 is 2.30 bits per heavy atom. The van der Waals surface area contributed by atoms with E-state index in [4.69, 9.17) is 9.47 Å². The maximum atomic E-state index is 12.7. The molecule has 0 unspecified atom stereocenters. The fraction of sp³-hybridized carbons (Fsp3) is 0.481. The first-order chi connectivity index (χ1) is 17.6. The summed E-state index contributed by atoms with van der Waals surface area (Å²) in [6.07, 6.45) is 4.92. The van der Waals surface area contributed by atoms with Crippen molar-refractivity contribution in [3.63, 3.8) is 0 Å². The van der Waals surface area contributed by atoms with Gasteiger partial charge in [-0.2, -0.15) is 0 Å². The van der Waals surface area contributed by atoms with Crippen molar-refractivity contribution in [1.82, 2.24) is 24.0 Å². The van der Waals surface area contributed by atoms with Gasteiger partial charge in [0, 0.05) is 39.0 Å². The fourth-order valence-corrected chi connectivity index (χ4v) is 4.34. The number of fused-ring (bicyclic) bond motifs is 1. The summed E-state index contributed by atoms with van der Waals surface area (Å²) in [4.78, 5) is 46.7. The number of hydrogen-bond donors (Lipinski definition) is 1. The predicted molar refractivity (Wildman–Crippen MR) is 143 cm³/mol. The van der Waals surface area contributed by atoms with Crippen molar-refractivity contribution in [2.24, 2.45) is 0 Å². The number of amides is 1. The van der Waals surface area contributed by atoms with Gasteiger partial charge >= 0.3 is 11.8 Å². The summed E-state index contributed by atoms with van der Waals surface area (Å²) in [5.41, 5.74) is 0.409. The highest BCUT2D eigenvalue weighted by Gasteiger charge is 2.27. The average molecular weight is 510 g/mol. The zero-order chi connectivity index (χ0) is 26.7. The van der Waals surface area contributed by atoms with Gasteiger partial charge in [0.1, 0.15) is 28.8 Å². The summed E-state index contributed by atoms with van der Waals surface area (Å²) < 4.78 is 14.3. The second-order valence-electron chi connectivity index (χ2n) is 10.1. The van der Waals surface area contributed by atoms with E-state index < -0.39 is 5.60 Å². The van der Waals surface area contributed by atoms with E-state index in [2.05, 4.69) is 9.97 Å². The maximum Gasteiger partial charge on any atom is 0.410 e. The van der Waals surface area contributed by atoms with Gasteiger partial charge < -0.3 is 19.4 Å². The van der Waals surface area contributed by atoms with Crippen molar-refractivity contribution < 1.29 is 14.3 Å². The topological polar surface area (TPSA) is 111 Å². The van der Waals surface area contributed by atoms with E-state index in [0.29, 0.717) is 43.2 Å². The van der Waals surface area contributed by atoms with Gasteiger partial charge in [0.05, 0.1) is 0 Å². The Hall–Kier alpha value is -3.82. The van der Waals surface area contributed by atoms with E-state index >= 15 is 0 Å². The number of nitrogens with one attached hydrogen (secondary N) is 1. The lowest BCUT2D eigenvalue weighted by Gasteiger charge is -2.33. The molecule has 10 nitrogen and oxygen atoms in total. The van der Waals surface area contributed by atoms with Crippen LogP contribution in [0.4, 0.5) is 4.79 Å². The summed E-state index contributed by atoms with van der Waals surface area (Å²) in [7, 11) is 0. The molecule has 2 aromatic heterocycles. The minimum absolute atomic E-state index is 0.0407. The Balaban J connectivity index is 1.39. The molecule has 3 heterocycles. The Kier molecular flexibility index (Phi) is 7.56. The van der Waals surface area contributed by atoms with Gasteiger partial charge in [-0.15, -0.1) is 0 Å². The van der Waals surface area contributed by atoms with Crippen LogP contribution in [0.25, 0.3) is 23.3 Å². The third-order valence-corrected chi connectivity index (χ3v) is 6.22. The molecule has 0 atom stereocenters. The van der Waals surface area contributed by atoms with Crippen LogP contribution in [0.15, 0.2) is 33.9 Å². The van der Waals surface area contributed by atoms with Crippen molar-refractivity contribution in [2.45, 2.75) is 72.3 Å². The lowest BCUT2D eigenvalue weighted by molar-refractivity contribution is 0.0126. The summed E-state index contributed by atoms with van der Waals surface area (Å²) in [6, 6.07) is 7.70. The number of benzene rings is 1. The van der Waals surface area contributed by atoms with Gasteiger partial charge in [0.2, 0.25) is 0 Å². The zero-order valence-corrected chi connectivity index (χ0v) is 22.1. The van der Waals surface area contributed by atoms with Crippen LogP contribution >= 0.6 is 0 Å². The molecule has 198 valence electrons. The second-order valence-corrected chi connectivity index (χ2v) is 10.1. The monoisotopic (exact) mass is 509 g/mol. The van der Waals surface area contributed by atoms with Crippen molar-refractivity contribution in [1.29, 1.82) is 0 Å². The Morgan fingerprint density at radius 1 is 1.05 bits per heavy atom. The predicted octanol–water partition coefficient (Wildman–Crippen LogP) is 3.87. The number of carbonyl (C=O) groups excluding carboxylic acids is 1. The maximum absolute atomic E-state index is 12.7. The van der Waals surface area contributed by atoms with E-state index in [0.717, 1.165) is 24.2 Å². The molecular weight excluding hydrogens is 474 g/mol. The van der Waals surface area contributed by atoms with Crippen molar-refractivity contribution in [2.75, 3.05) is 13.1 Å². The number of carbonyl (C=O) groups is 1. The first kappa shape index (κ1) is 26.2. The fourth-order valence-electron chi connectivity index (χ4n) is 4.34. The van der Waals surface area contributed by atoms with Crippen molar-refractivity contribution >= 4 is 29.4 Å². The number of ether oxygens (including phenoxy) is 2. The summed E-state index contributed by atoms with van der Waals surface area (Å²) >= 11 is 0. The van der Waals surface area contributed by atoms with Crippen LogP contribution in [-0.2, 0) is 17.8 Å². The third-order valence-electron chi connectivity index (χ3n) is 6.22. The molecule has 4 rings (SSSR count). The SMILES string of the molecule is CCn1c(=O)c2[nH]c(/C=C/c3ccc(OC4CCN(C(=O)OC(C)(C)C)CC4)cc3)nc2n(CC)c1=O. The number of hydrogen-bond acceptors (Lipinski definition) is 6. The minimum atomic E-state index is -0.500. The Bertz CT molecular complexity index is 1400. The highest BCUT2D eigenvalue weighted by molar-refractivity contribution is 5.75. The van der Waals surface area contributed by atoms with Crippen LogP contribution < -0.4 is 16.0 Å². The largest absolute Gasteiger partial charge is 0.490 e. The molecular formula is C27H35N5O5. The van der Waals surface area contributed by atoms with Gasteiger partial charge in [0.25, 0.3) is 5.56 Å². The molecule has 0 bridgehead atoms. The molecule has 0 radical (unpaired) electrons. The molecule has 1 aromatic carbocycles. The molecule has 37 heavy (non-hydrogen) atoms. The highest BCUT2D eigenvalue weighted by Crippen LogP contribution is 2.22. The Labute approximate surface area is 215 Å². The summed E-state index contributed by atoms with van der Waals surface area (Å²) in [6.45, 7) is 11.1. The van der Waals surface area contributed by atoms with E-state index in [1.54, 1.807) is 17.9 Å². The molecule has 1 fully saturated rings. The number of nitrogens with zero attached hydrogens (tertiary/aromatic N) is 4. The summed E-state index contributed by atoms with van der Waals surface area (Å²) in [5, 5.41) is 0. The number of aromatic nitrogens is 4. The lowest BCUT2D eigenvalue weighted by Crippen LogP contribution is -2.44. The standard InChI is InChI=1S/C27H35N5O5/c1-6-31-23-22(24(33)32(7-2)25(31)34)28-21(29-23)13-10-18-8-11-19(12-9-18)36-20-14-16-30(17-15-20)26(35)37-27(3,4)5/h8-13,20H,6-7,14-17H2,1-5H3,(H,28,29)/b13-10+. The zero-order valence-electron chi connectivity index (χ0n) is 22.1. The van der Waals surface area contributed by atoms with Gasteiger partial charge in [-0.1, -0.05) is 18.2 Å². The number of rotatable bonds is 6. The quantitative estimate of drug-likeness (QED) is 0.540. The Morgan fingerprint density at radius 2 is 1.70 bits per heavy atom. The van der Waals surface area contributed by atoms with E-state index in [9.17, 15) is 14.4 Å². The van der Waals surface area contributed by atoms with Crippen molar-refractivity contribution in [3.8, 4) is 5.75 Å². The molecule has 0 aliphatic carbocycles. The van der Waals surface area contributed by atoms with E-state index in [1.165, 1.54) is 9.13 Å². The van der Waals surface area contributed by atoms with Gasteiger partial charge in [-0.25, -0.2) is 14.6 Å². The molecule has 1 aliphatic heterocycles. The average Bonchev–Trinajstić information content (AvgIpc) is 3.28. The number of imidazole rings is 1. The second kappa shape index (κ2) is 10.7. The number of piperidine rings is 1. The summed E-state index contributed by atoms with van der Waals surface area (Å²) in [5.74, 6) is 1.27. The van der Waals surface area contributed by atoms with Crippen LogP contribution in [0.1, 0.15) is 58.8 Å². The molecule has 1 saturated heterocycles. The highest BCUT2D eigenvalue weighted by atomic mass is 16.6. The lowest BCUT2D eigenvalue weighted by atomic mass is 10.1.